The second-order valence-electron chi connectivity index (χ2n) is 7.92. The Kier molecular flexibility index (Phi) is 8.44. The van der Waals surface area contributed by atoms with Crippen molar-refractivity contribution in [2.75, 3.05) is 18.8 Å². The summed E-state index contributed by atoms with van der Waals surface area (Å²) in [4.78, 5) is 15.0. The number of nitrogens with one attached hydrogen (secondary N) is 1. The molecule has 3 N–H and O–H groups in total. The third-order valence-corrected chi connectivity index (χ3v) is 5.71. The lowest BCUT2D eigenvalue weighted by molar-refractivity contribution is 0.0948. The van der Waals surface area contributed by atoms with Crippen molar-refractivity contribution in [3.63, 3.8) is 0 Å². The average Bonchev–Trinajstić information content (AvgIpc) is 3.51. The first-order valence-electron chi connectivity index (χ1n) is 11.5. The molecule has 2 aromatic carbocycles. The van der Waals surface area contributed by atoms with Crippen molar-refractivity contribution in [2.24, 2.45) is 5.10 Å². The van der Waals surface area contributed by atoms with E-state index in [4.69, 9.17) is 22.1 Å². The van der Waals surface area contributed by atoms with Crippen molar-refractivity contribution in [1.29, 1.82) is 0 Å². The summed E-state index contributed by atoms with van der Waals surface area (Å²) >= 11 is 6.03. The molecule has 0 spiro atoms. The van der Waals surface area contributed by atoms with Gasteiger partial charge in [-0.15, -0.1) is 5.10 Å². The fourth-order valence-corrected chi connectivity index (χ4v) is 3.70. The molecule has 4 aromatic rings. The van der Waals surface area contributed by atoms with Crippen LogP contribution in [0.4, 0.5) is 5.82 Å². The van der Waals surface area contributed by atoms with Gasteiger partial charge in [-0.2, -0.15) is 9.78 Å². The number of anilines is 1. The number of hydrogen-bond acceptors (Lipinski definition) is 10. The quantitative estimate of drug-likeness (QED) is 0.223. The summed E-state index contributed by atoms with van der Waals surface area (Å²) in [5, 5.41) is 20.2. The maximum Gasteiger partial charge on any atom is 0.293 e. The van der Waals surface area contributed by atoms with E-state index in [-0.39, 0.29) is 17.3 Å². The first-order valence-corrected chi connectivity index (χ1v) is 11.9. The molecule has 0 aliphatic heterocycles. The highest BCUT2D eigenvalue weighted by Crippen LogP contribution is 2.18. The maximum absolute atomic E-state index is 13.0. The summed E-state index contributed by atoms with van der Waals surface area (Å²) < 4.78 is 11.9. The van der Waals surface area contributed by atoms with E-state index in [2.05, 4.69) is 40.7 Å². The van der Waals surface area contributed by atoms with Crippen LogP contribution in [0.1, 0.15) is 41.2 Å². The minimum atomic E-state index is -0.534. The molecular weight excluding hydrogens is 498 g/mol. The van der Waals surface area contributed by atoms with E-state index in [0.29, 0.717) is 29.6 Å². The zero-order valence-electron chi connectivity index (χ0n) is 20.3. The van der Waals surface area contributed by atoms with E-state index in [9.17, 15) is 4.79 Å². The molecule has 13 heteroatoms. The number of ether oxygens (including phenoxy) is 1. The van der Waals surface area contributed by atoms with E-state index in [1.165, 1.54) is 10.9 Å². The minimum Gasteiger partial charge on any atom is -0.489 e. The van der Waals surface area contributed by atoms with Crippen LogP contribution >= 0.6 is 11.6 Å². The Morgan fingerprint density at radius 1 is 1.22 bits per heavy atom. The third-order valence-electron chi connectivity index (χ3n) is 5.47. The number of rotatable bonds is 11. The highest BCUT2D eigenvalue weighted by atomic mass is 35.5. The van der Waals surface area contributed by atoms with Gasteiger partial charge in [0.2, 0.25) is 11.6 Å². The molecule has 0 saturated heterocycles. The number of amides is 1. The topological polar surface area (TPSA) is 150 Å². The Balaban J connectivity index is 1.46. The molecule has 192 valence electrons. The molecule has 12 nitrogen and oxygen atoms in total. The van der Waals surface area contributed by atoms with Crippen LogP contribution in [-0.4, -0.2) is 55.4 Å². The van der Waals surface area contributed by atoms with Crippen LogP contribution in [-0.2, 0) is 13.2 Å². The third kappa shape index (κ3) is 6.48. The van der Waals surface area contributed by atoms with Crippen LogP contribution in [0.25, 0.3) is 5.82 Å². The second-order valence-corrected chi connectivity index (χ2v) is 8.36. The van der Waals surface area contributed by atoms with Crippen molar-refractivity contribution in [3.05, 3.63) is 76.1 Å². The Bertz CT molecular complexity index is 1380. The van der Waals surface area contributed by atoms with Crippen LogP contribution in [0.2, 0.25) is 5.02 Å². The molecule has 0 aliphatic rings. The van der Waals surface area contributed by atoms with Gasteiger partial charge < -0.3 is 10.5 Å². The lowest BCUT2D eigenvalue weighted by Gasteiger charge is -2.18. The van der Waals surface area contributed by atoms with Crippen LogP contribution in [0.3, 0.4) is 0 Å². The van der Waals surface area contributed by atoms with Crippen LogP contribution in [0, 0.1) is 0 Å². The fraction of sp³-hybridized carbons (Fsp3) is 0.250. The van der Waals surface area contributed by atoms with Gasteiger partial charge in [-0.25, -0.2) is 10.1 Å². The maximum atomic E-state index is 13.0. The number of hydrazone groups is 1. The predicted molar refractivity (Wildman–Crippen MR) is 138 cm³/mol. The fourth-order valence-electron chi connectivity index (χ4n) is 3.48. The molecule has 37 heavy (non-hydrogen) atoms. The van der Waals surface area contributed by atoms with Gasteiger partial charge in [0, 0.05) is 11.6 Å². The van der Waals surface area contributed by atoms with Gasteiger partial charge in [-0.3, -0.25) is 9.69 Å². The first kappa shape index (κ1) is 25.8. The molecule has 0 radical (unpaired) electrons. The van der Waals surface area contributed by atoms with E-state index < -0.39 is 5.91 Å². The molecular formula is C24H26ClN9O3. The molecule has 4 rings (SSSR count). The summed E-state index contributed by atoms with van der Waals surface area (Å²) in [7, 11) is 0. The van der Waals surface area contributed by atoms with Crippen molar-refractivity contribution in [1.82, 2.24) is 35.6 Å². The Morgan fingerprint density at radius 3 is 2.76 bits per heavy atom. The lowest BCUT2D eigenvalue weighted by Crippen LogP contribution is -2.27. The summed E-state index contributed by atoms with van der Waals surface area (Å²) in [5.74, 6) is 0.312. The van der Waals surface area contributed by atoms with Crippen molar-refractivity contribution in [3.8, 4) is 11.6 Å². The summed E-state index contributed by atoms with van der Waals surface area (Å²) in [6.45, 7) is 6.28. The van der Waals surface area contributed by atoms with Gasteiger partial charge >= 0.3 is 0 Å². The van der Waals surface area contributed by atoms with Gasteiger partial charge in [0.15, 0.2) is 5.69 Å². The highest BCUT2D eigenvalue weighted by Gasteiger charge is 2.25. The number of benzene rings is 2. The molecule has 2 aromatic heterocycles. The average molecular weight is 524 g/mol. The number of hydrogen-bond donors (Lipinski definition) is 2. The number of nitrogens with zero attached hydrogens (tertiary/aromatic N) is 7. The monoisotopic (exact) mass is 523 g/mol. The Hall–Kier alpha value is -4.29. The second kappa shape index (κ2) is 12.1. The molecule has 0 bridgehead atoms. The van der Waals surface area contributed by atoms with Crippen LogP contribution in [0.5, 0.6) is 5.75 Å². The number of carbonyl (C=O) groups is 1. The van der Waals surface area contributed by atoms with Crippen LogP contribution in [0.15, 0.2) is 58.3 Å². The van der Waals surface area contributed by atoms with E-state index in [1.807, 2.05) is 62.4 Å². The molecule has 0 aliphatic carbocycles. The van der Waals surface area contributed by atoms with Gasteiger partial charge in [-0.1, -0.05) is 54.9 Å². The predicted octanol–water partition coefficient (Wildman–Crippen LogP) is 3.07. The van der Waals surface area contributed by atoms with Crippen molar-refractivity contribution >= 4 is 29.5 Å². The molecule has 0 atom stereocenters. The number of aromatic nitrogens is 5. The normalized spacial score (nSPS) is 11.4. The molecule has 2 heterocycles. The minimum absolute atomic E-state index is 0.0353. The van der Waals surface area contributed by atoms with E-state index in [0.717, 1.165) is 24.2 Å². The molecule has 0 saturated carbocycles. The first-order chi connectivity index (χ1) is 18.0. The summed E-state index contributed by atoms with van der Waals surface area (Å²) in [6, 6.07) is 14.8. The van der Waals surface area contributed by atoms with Crippen molar-refractivity contribution < 1.29 is 14.2 Å². The number of nitrogens with two attached hydrogens (primary N) is 1. The van der Waals surface area contributed by atoms with Crippen LogP contribution < -0.4 is 15.9 Å². The largest absolute Gasteiger partial charge is 0.489 e. The van der Waals surface area contributed by atoms with Gasteiger partial charge in [-0.05, 0) is 58.8 Å². The smallest absolute Gasteiger partial charge is 0.293 e. The number of halogens is 1. The highest BCUT2D eigenvalue weighted by molar-refractivity contribution is 6.30. The molecule has 0 unspecified atom stereocenters. The Morgan fingerprint density at radius 2 is 2.03 bits per heavy atom. The van der Waals surface area contributed by atoms with E-state index >= 15 is 0 Å². The van der Waals surface area contributed by atoms with Gasteiger partial charge in [0.05, 0.1) is 11.9 Å². The molecule has 0 fully saturated rings. The standard InChI is InChI=1S/C24H26ClN9O3/c1-3-33(4-2)14-20-21(28-32-34(20)23-22(26)30-37-31-23)24(35)29-27-13-16-7-6-10-19(12-16)36-15-17-8-5-9-18(25)11-17/h5-13H,3-4,14-15H2,1-2H3,(H2,26,30)(H,29,35). The zero-order valence-corrected chi connectivity index (χ0v) is 21.1. The SMILES string of the molecule is CCN(CC)Cc1c(C(=O)NN=Cc2cccc(OCc3cccc(Cl)c3)c2)nnn1-c1nonc1N. The van der Waals surface area contributed by atoms with Gasteiger partial charge in [0.1, 0.15) is 12.4 Å². The zero-order chi connectivity index (χ0) is 26.2. The van der Waals surface area contributed by atoms with E-state index in [1.54, 1.807) is 0 Å². The van der Waals surface area contributed by atoms with Crippen molar-refractivity contribution in [2.45, 2.75) is 27.0 Å². The molecule has 1 amide bonds. The summed E-state index contributed by atoms with van der Waals surface area (Å²) in [5.41, 5.74) is 10.6. The Labute approximate surface area is 218 Å². The van der Waals surface area contributed by atoms with Gasteiger partial charge in [0.25, 0.3) is 5.91 Å². The number of carbonyl (C=O) groups excluding carboxylic acids is 1. The summed E-state index contributed by atoms with van der Waals surface area (Å²) in [6.07, 6.45) is 1.51. The number of nitrogen functional groups attached to an aromatic ring is 1. The lowest BCUT2D eigenvalue weighted by atomic mass is 10.2.